The zero-order valence-corrected chi connectivity index (χ0v) is 22.9. The summed E-state index contributed by atoms with van der Waals surface area (Å²) < 4.78 is 39.9. The molecule has 4 aromatic rings. The van der Waals surface area contributed by atoms with Gasteiger partial charge in [0.05, 0.1) is 28.7 Å². The second kappa shape index (κ2) is 11.7. The number of benzene rings is 4. The third-order valence-electron chi connectivity index (χ3n) is 5.75. The summed E-state index contributed by atoms with van der Waals surface area (Å²) in [4.78, 5) is 12.9. The van der Waals surface area contributed by atoms with Crippen LogP contribution in [0.5, 0.6) is 11.5 Å². The van der Waals surface area contributed by atoms with E-state index in [4.69, 9.17) is 9.47 Å². The highest BCUT2D eigenvalue weighted by Gasteiger charge is 2.28. The van der Waals surface area contributed by atoms with Crippen molar-refractivity contribution in [3.05, 3.63) is 95.0 Å². The molecule has 0 aliphatic heterocycles. The van der Waals surface area contributed by atoms with E-state index in [0.717, 1.165) is 26.4 Å². The molecule has 0 spiro atoms. The van der Waals surface area contributed by atoms with Crippen LogP contribution in [0.4, 0.5) is 5.69 Å². The molecule has 192 valence electrons. The van der Waals surface area contributed by atoms with Crippen LogP contribution in [0.2, 0.25) is 0 Å². The number of hydrogen-bond acceptors (Lipinski definition) is 5. The zero-order valence-electron chi connectivity index (χ0n) is 20.5. The molecule has 0 radical (unpaired) electrons. The number of amides is 1. The van der Waals surface area contributed by atoms with Crippen molar-refractivity contribution in [2.75, 3.05) is 31.1 Å². The largest absolute Gasteiger partial charge is 0.496 e. The van der Waals surface area contributed by atoms with Gasteiger partial charge in [0.25, 0.3) is 10.0 Å². The molecule has 37 heavy (non-hydrogen) atoms. The first kappa shape index (κ1) is 26.5. The second-order valence-corrected chi connectivity index (χ2v) is 11.0. The average Bonchev–Trinajstić information content (AvgIpc) is 2.90. The summed E-state index contributed by atoms with van der Waals surface area (Å²) in [5.74, 6) is 0.782. The summed E-state index contributed by atoms with van der Waals surface area (Å²) in [5.41, 5.74) is 1.36. The van der Waals surface area contributed by atoms with Crippen LogP contribution >= 0.6 is 15.9 Å². The van der Waals surface area contributed by atoms with E-state index in [0.29, 0.717) is 15.9 Å². The van der Waals surface area contributed by atoms with Gasteiger partial charge in [-0.1, -0.05) is 54.1 Å². The SMILES string of the molecule is COc1ccc(S(=O)(=O)N(CC(=O)NCCOc2cccc3ccccc23)c2ccc(C)cc2)cc1Br. The van der Waals surface area contributed by atoms with Crippen molar-refractivity contribution in [3.8, 4) is 11.5 Å². The molecule has 0 aliphatic rings. The monoisotopic (exact) mass is 582 g/mol. The molecule has 0 bridgehead atoms. The Labute approximate surface area is 225 Å². The summed E-state index contributed by atoms with van der Waals surface area (Å²) in [7, 11) is -2.55. The lowest BCUT2D eigenvalue weighted by atomic mass is 10.1. The Hall–Kier alpha value is -3.56. The number of fused-ring (bicyclic) bond motifs is 1. The third kappa shape index (κ3) is 6.23. The lowest BCUT2D eigenvalue weighted by molar-refractivity contribution is -0.119. The molecule has 1 N–H and O–H groups in total. The Bertz CT molecular complexity index is 1500. The molecule has 0 aliphatic carbocycles. The van der Waals surface area contributed by atoms with Crippen LogP contribution < -0.4 is 19.1 Å². The molecular formula is C28H27BrN2O5S. The third-order valence-corrected chi connectivity index (χ3v) is 8.14. The van der Waals surface area contributed by atoms with Gasteiger partial charge in [0.15, 0.2) is 0 Å². The van der Waals surface area contributed by atoms with E-state index < -0.39 is 15.9 Å². The molecule has 0 atom stereocenters. The maximum atomic E-state index is 13.6. The maximum Gasteiger partial charge on any atom is 0.264 e. The Kier molecular flexibility index (Phi) is 8.35. The first-order chi connectivity index (χ1) is 17.8. The highest BCUT2D eigenvalue weighted by atomic mass is 79.9. The van der Waals surface area contributed by atoms with E-state index in [1.807, 2.05) is 49.4 Å². The minimum atomic E-state index is -4.05. The van der Waals surface area contributed by atoms with Crippen LogP contribution in [0.3, 0.4) is 0 Å². The smallest absolute Gasteiger partial charge is 0.264 e. The first-order valence-electron chi connectivity index (χ1n) is 11.6. The van der Waals surface area contributed by atoms with Crippen molar-refractivity contribution in [2.24, 2.45) is 0 Å². The fourth-order valence-electron chi connectivity index (χ4n) is 3.82. The van der Waals surface area contributed by atoms with Gasteiger partial charge in [-0.05, 0) is 64.6 Å². The van der Waals surface area contributed by atoms with Crippen LogP contribution in [0.25, 0.3) is 10.8 Å². The average molecular weight is 584 g/mol. The predicted octanol–water partition coefficient (Wildman–Crippen LogP) is 5.31. The predicted molar refractivity (Wildman–Crippen MR) is 149 cm³/mol. The number of aryl methyl sites for hydroxylation is 1. The number of carbonyl (C=O) groups is 1. The lowest BCUT2D eigenvalue weighted by Gasteiger charge is -2.24. The van der Waals surface area contributed by atoms with E-state index >= 15 is 0 Å². The number of nitrogens with one attached hydrogen (secondary N) is 1. The van der Waals surface area contributed by atoms with Gasteiger partial charge in [-0.2, -0.15) is 0 Å². The standard InChI is InChI=1S/C28H27BrN2O5S/c1-20-10-12-22(13-11-20)31(37(33,34)23-14-15-27(35-2)25(29)18-23)19-28(32)30-16-17-36-26-9-5-7-21-6-3-4-8-24(21)26/h3-15,18H,16-17,19H2,1-2H3,(H,30,32). The van der Waals surface area contributed by atoms with Gasteiger partial charge in [-0.3, -0.25) is 9.10 Å². The van der Waals surface area contributed by atoms with Gasteiger partial charge in [0.1, 0.15) is 24.7 Å². The van der Waals surface area contributed by atoms with Gasteiger partial charge in [-0.25, -0.2) is 8.42 Å². The number of rotatable bonds is 10. The van der Waals surface area contributed by atoms with Crippen LogP contribution in [0, 0.1) is 6.92 Å². The van der Waals surface area contributed by atoms with E-state index in [1.165, 1.54) is 19.2 Å². The van der Waals surface area contributed by atoms with Gasteiger partial charge in [0, 0.05) is 5.39 Å². The first-order valence-corrected chi connectivity index (χ1v) is 13.8. The summed E-state index contributed by atoms with van der Waals surface area (Å²) in [6.07, 6.45) is 0. The summed E-state index contributed by atoms with van der Waals surface area (Å²) in [6.45, 7) is 1.98. The zero-order chi connectivity index (χ0) is 26.4. The number of sulfonamides is 1. The Morgan fingerprint density at radius 1 is 0.946 bits per heavy atom. The Balaban J connectivity index is 1.47. The quantitative estimate of drug-likeness (QED) is 0.256. The fourth-order valence-corrected chi connectivity index (χ4v) is 5.96. The van der Waals surface area contributed by atoms with Crippen LogP contribution in [-0.4, -0.2) is 41.1 Å². The molecule has 0 fully saturated rings. The molecule has 0 unspecified atom stereocenters. The number of ether oxygens (including phenoxy) is 2. The molecule has 0 saturated heterocycles. The highest BCUT2D eigenvalue weighted by molar-refractivity contribution is 9.10. The minimum absolute atomic E-state index is 0.0350. The van der Waals surface area contributed by atoms with E-state index in [1.54, 1.807) is 30.3 Å². The van der Waals surface area contributed by atoms with Crippen LogP contribution in [-0.2, 0) is 14.8 Å². The molecule has 4 rings (SSSR count). The van der Waals surface area contributed by atoms with Crippen molar-refractivity contribution in [1.29, 1.82) is 0 Å². The fraction of sp³-hybridized carbons (Fsp3) is 0.179. The van der Waals surface area contributed by atoms with Gasteiger partial charge in [-0.15, -0.1) is 0 Å². The Morgan fingerprint density at radius 3 is 2.41 bits per heavy atom. The van der Waals surface area contributed by atoms with Crippen LogP contribution in [0.1, 0.15) is 5.56 Å². The summed E-state index contributed by atoms with van der Waals surface area (Å²) >= 11 is 3.34. The molecular weight excluding hydrogens is 556 g/mol. The molecule has 0 aromatic heterocycles. The molecule has 7 nitrogen and oxygen atoms in total. The van der Waals surface area contributed by atoms with Gasteiger partial charge >= 0.3 is 0 Å². The van der Waals surface area contributed by atoms with Gasteiger partial charge < -0.3 is 14.8 Å². The van der Waals surface area contributed by atoms with Crippen LogP contribution in [0.15, 0.2) is 94.3 Å². The summed E-state index contributed by atoms with van der Waals surface area (Å²) in [6, 6.07) is 25.1. The number of nitrogens with zero attached hydrogens (tertiary/aromatic N) is 1. The number of hydrogen-bond donors (Lipinski definition) is 1. The van der Waals surface area contributed by atoms with Crippen molar-refractivity contribution in [1.82, 2.24) is 5.32 Å². The normalized spacial score (nSPS) is 11.2. The topological polar surface area (TPSA) is 84.9 Å². The molecule has 0 saturated carbocycles. The molecule has 9 heteroatoms. The number of halogens is 1. The van der Waals surface area contributed by atoms with Crippen molar-refractivity contribution >= 4 is 48.3 Å². The number of anilines is 1. The molecule has 4 aromatic carbocycles. The van der Waals surface area contributed by atoms with E-state index in [9.17, 15) is 13.2 Å². The molecule has 0 heterocycles. The number of methoxy groups -OCH3 is 1. The van der Waals surface area contributed by atoms with E-state index in [-0.39, 0.29) is 24.6 Å². The second-order valence-electron chi connectivity index (χ2n) is 8.32. The van der Waals surface area contributed by atoms with Crippen molar-refractivity contribution < 1.29 is 22.7 Å². The Morgan fingerprint density at radius 2 is 1.68 bits per heavy atom. The molecule has 1 amide bonds. The number of carbonyl (C=O) groups excluding carboxylic acids is 1. The highest BCUT2D eigenvalue weighted by Crippen LogP contribution is 2.31. The summed E-state index contributed by atoms with van der Waals surface area (Å²) in [5, 5.41) is 4.81. The van der Waals surface area contributed by atoms with E-state index in [2.05, 4.69) is 21.2 Å². The lowest BCUT2D eigenvalue weighted by Crippen LogP contribution is -2.42. The minimum Gasteiger partial charge on any atom is -0.496 e. The van der Waals surface area contributed by atoms with Crippen molar-refractivity contribution in [3.63, 3.8) is 0 Å². The maximum absolute atomic E-state index is 13.6. The van der Waals surface area contributed by atoms with Gasteiger partial charge in [0.2, 0.25) is 5.91 Å². The van der Waals surface area contributed by atoms with Crippen molar-refractivity contribution in [2.45, 2.75) is 11.8 Å².